The second-order valence-electron chi connectivity index (χ2n) is 4.15. The number of anilines is 2. The highest BCUT2D eigenvalue weighted by Gasteiger charge is 2.07. The van der Waals surface area contributed by atoms with Crippen LogP contribution < -0.4 is 15.8 Å². The highest BCUT2D eigenvalue weighted by molar-refractivity contribution is 6.33. The summed E-state index contributed by atoms with van der Waals surface area (Å²) < 4.78 is 5.32. The molecule has 1 amide bonds. The molecule has 3 N–H and O–H groups in total. The van der Waals surface area contributed by atoms with Gasteiger partial charge in [0.1, 0.15) is 5.75 Å². The summed E-state index contributed by atoms with van der Waals surface area (Å²) in [5.41, 5.74) is 7.24. The van der Waals surface area contributed by atoms with E-state index < -0.39 is 0 Å². The first-order valence-electron chi connectivity index (χ1n) is 6.19. The minimum absolute atomic E-state index is 0.214. The van der Waals surface area contributed by atoms with Gasteiger partial charge in [-0.3, -0.25) is 4.79 Å². The van der Waals surface area contributed by atoms with E-state index in [1.807, 2.05) is 6.92 Å². The number of ether oxygens (including phenoxy) is 1. The molecule has 2 aromatic carbocycles. The Labute approximate surface area is 122 Å². The summed E-state index contributed by atoms with van der Waals surface area (Å²) in [5, 5.41) is 3.17. The van der Waals surface area contributed by atoms with Gasteiger partial charge in [0.05, 0.1) is 17.3 Å². The third-order valence-corrected chi connectivity index (χ3v) is 3.01. The van der Waals surface area contributed by atoms with Crippen molar-refractivity contribution in [3.8, 4) is 5.75 Å². The van der Waals surface area contributed by atoms with E-state index in [1.165, 1.54) is 0 Å². The van der Waals surface area contributed by atoms with Crippen LogP contribution in [0.25, 0.3) is 0 Å². The lowest BCUT2D eigenvalue weighted by Gasteiger charge is -2.08. The van der Waals surface area contributed by atoms with Gasteiger partial charge in [-0.25, -0.2) is 0 Å². The first kappa shape index (κ1) is 14.2. The number of rotatable bonds is 4. The predicted octanol–water partition coefficient (Wildman–Crippen LogP) is 3.57. The minimum Gasteiger partial charge on any atom is -0.494 e. The molecule has 0 unspecified atom stereocenters. The molecule has 0 bridgehead atoms. The van der Waals surface area contributed by atoms with Crippen LogP contribution in [0.3, 0.4) is 0 Å². The Morgan fingerprint density at radius 2 is 1.95 bits per heavy atom. The molecule has 0 aromatic heterocycles. The third kappa shape index (κ3) is 3.42. The van der Waals surface area contributed by atoms with E-state index in [9.17, 15) is 4.79 Å². The number of carbonyl (C=O) groups is 1. The molecule has 0 aliphatic rings. The summed E-state index contributed by atoms with van der Waals surface area (Å²) in [6.07, 6.45) is 0. The average molecular weight is 291 g/mol. The van der Waals surface area contributed by atoms with E-state index in [0.717, 1.165) is 5.75 Å². The van der Waals surface area contributed by atoms with Crippen LogP contribution in [-0.4, -0.2) is 12.5 Å². The highest BCUT2D eigenvalue weighted by Crippen LogP contribution is 2.23. The Morgan fingerprint density at radius 3 is 2.55 bits per heavy atom. The molecule has 2 aromatic rings. The van der Waals surface area contributed by atoms with Crippen LogP contribution >= 0.6 is 11.6 Å². The lowest BCUT2D eigenvalue weighted by Crippen LogP contribution is -2.11. The molecule has 0 aliphatic heterocycles. The number of amides is 1. The van der Waals surface area contributed by atoms with Gasteiger partial charge in [-0.05, 0) is 49.4 Å². The molecule has 20 heavy (non-hydrogen) atoms. The van der Waals surface area contributed by atoms with Crippen molar-refractivity contribution >= 4 is 28.9 Å². The van der Waals surface area contributed by atoms with Crippen molar-refractivity contribution in [2.45, 2.75) is 6.92 Å². The largest absolute Gasteiger partial charge is 0.494 e. The number of hydrogen-bond donors (Lipinski definition) is 2. The molecular weight excluding hydrogens is 276 g/mol. The van der Waals surface area contributed by atoms with Crippen LogP contribution in [0.1, 0.15) is 17.3 Å². The number of nitrogens with one attached hydrogen (secondary N) is 1. The van der Waals surface area contributed by atoms with E-state index in [4.69, 9.17) is 22.1 Å². The van der Waals surface area contributed by atoms with Crippen molar-refractivity contribution in [2.24, 2.45) is 0 Å². The van der Waals surface area contributed by atoms with Crippen molar-refractivity contribution in [1.29, 1.82) is 0 Å². The van der Waals surface area contributed by atoms with Gasteiger partial charge in [-0.2, -0.15) is 0 Å². The summed E-state index contributed by atoms with van der Waals surface area (Å²) in [7, 11) is 0. The molecular formula is C15H15ClN2O2. The summed E-state index contributed by atoms with van der Waals surface area (Å²) in [6.45, 7) is 2.50. The van der Waals surface area contributed by atoms with Crippen molar-refractivity contribution in [3.63, 3.8) is 0 Å². The second kappa shape index (κ2) is 6.30. The Balaban J connectivity index is 2.09. The Morgan fingerprint density at radius 1 is 1.25 bits per heavy atom. The monoisotopic (exact) mass is 290 g/mol. The quantitative estimate of drug-likeness (QED) is 0.846. The Hall–Kier alpha value is -2.20. The van der Waals surface area contributed by atoms with Crippen molar-refractivity contribution < 1.29 is 9.53 Å². The summed E-state index contributed by atoms with van der Waals surface area (Å²) in [6, 6.07) is 11.9. The lowest BCUT2D eigenvalue weighted by molar-refractivity contribution is 0.102. The molecule has 0 atom stereocenters. The maximum atomic E-state index is 12.1. The molecule has 5 heteroatoms. The number of nitrogen functional groups attached to an aromatic ring is 1. The fourth-order valence-corrected chi connectivity index (χ4v) is 1.86. The molecule has 0 aliphatic carbocycles. The molecule has 4 nitrogen and oxygen atoms in total. The average Bonchev–Trinajstić information content (AvgIpc) is 2.44. The topological polar surface area (TPSA) is 64.3 Å². The third-order valence-electron chi connectivity index (χ3n) is 2.69. The smallest absolute Gasteiger partial charge is 0.255 e. The molecule has 0 heterocycles. The number of benzene rings is 2. The van der Waals surface area contributed by atoms with Crippen LogP contribution in [0.4, 0.5) is 11.4 Å². The molecule has 0 saturated carbocycles. The zero-order chi connectivity index (χ0) is 14.5. The van der Waals surface area contributed by atoms with Crippen LogP contribution in [-0.2, 0) is 0 Å². The zero-order valence-electron chi connectivity index (χ0n) is 11.0. The number of carbonyl (C=O) groups excluding carboxylic acids is 1. The molecule has 0 radical (unpaired) electrons. The van der Waals surface area contributed by atoms with E-state index in [-0.39, 0.29) is 5.91 Å². The zero-order valence-corrected chi connectivity index (χ0v) is 11.8. The van der Waals surface area contributed by atoms with Gasteiger partial charge < -0.3 is 15.8 Å². The van der Waals surface area contributed by atoms with E-state index in [0.29, 0.717) is 28.6 Å². The molecule has 0 saturated heterocycles. The SMILES string of the molecule is CCOc1ccc(C(=O)Nc2ccc(N)c(Cl)c2)cc1. The predicted molar refractivity (Wildman–Crippen MR) is 81.4 cm³/mol. The number of halogens is 1. The fourth-order valence-electron chi connectivity index (χ4n) is 1.68. The van der Waals surface area contributed by atoms with E-state index in [2.05, 4.69) is 5.32 Å². The van der Waals surface area contributed by atoms with Gasteiger partial charge in [-0.15, -0.1) is 0 Å². The maximum Gasteiger partial charge on any atom is 0.255 e. The number of nitrogens with two attached hydrogens (primary N) is 1. The second-order valence-corrected chi connectivity index (χ2v) is 4.56. The molecule has 2 rings (SSSR count). The van der Waals surface area contributed by atoms with Crippen molar-refractivity contribution in [1.82, 2.24) is 0 Å². The van der Waals surface area contributed by atoms with E-state index >= 15 is 0 Å². The number of hydrogen-bond acceptors (Lipinski definition) is 3. The van der Waals surface area contributed by atoms with Gasteiger partial charge >= 0.3 is 0 Å². The summed E-state index contributed by atoms with van der Waals surface area (Å²) >= 11 is 5.91. The van der Waals surface area contributed by atoms with Gasteiger partial charge in [0.15, 0.2) is 0 Å². The minimum atomic E-state index is -0.214. The molecule has 0 spiro atoms. The normalized spacial score (nSPS) is 10.1. The Bertz CT molecular complexity index is 612. The maximum absolute atomic E-state index is 12.1. The Kier molecular flexibility index (Phi) is 4.48. The van der Waals surface area contributed by atoms with Gasteiger partial charge in [0.25, 0.3) is 5.91 Å². The standard InChI is InChI=1S/C15H15ClN2O2/c1-2-20-12-6-3-10(4-7-12)15(19)18-11-5-8-14(17)13(16)9-11/h3-9H,2,17H2,1H3,(H,18,19). The fraction of sp³-hybridized carbons (Fsp3) is 0.133. The first-order chi connectivity index (χ1) is 9.60. The first-order valence-corrected chi connectivity index (χ1v) is 6.57. The van der Waals surface area contributed by atoms with Gasteiger partial charge in [0.2, 0.25) is 0 Å². The van der Waals surface area contributed by atoms with Crippen molar-refractivity contribution in [2.75, 3.05) is 17.7 Å². The highest BCUT2D eigenvalue weighted by atomic mass is 35.5. The van der Waals surface area contributed by atoms with Crippen LogP contribution in [0, 0.1) is 0 Å². The molecule has 104 valence electrons. The van der Waals surface area contributed by atoms with Crippen molar-refractivity contribution in [3.05, 3.63) is 53.1 Å². The van der Waals surface area contributed by atoms with Gasteiger partial charge in [-0.1, -0.05) is 11.6 Å². The summed E-state index contributed by atoms with van der Waals surface area (Å²) in [5.74, 6) is 0.522. The lowest BCUT2D eigenvalue weighted by atomic mass is 10.2. The van der Waals surface area contributed by atoms with Gasteiger partial charge in [0, 0.05) is 11.3 Å². The van der Waals surface area contributed by atoms with E-state index in [1.54, 1.807) is 42.5 Å². The summed E-state index contributed by atoms with van der Waals surface area (Å²) in [4.78, 5) is 12.1. The van der Waals surface area contributed by atoms with Crippen LogP contribution in [0.2, 0.25) is 5.02 Å². The van der Waals surface area contributed by atoms with Crippen LogP contribution in [0.5, 0.6) is 5.75 Å². The van der Waals surface area contributed by atoms with Crippen LogP contribution in [0.15, 0.2) is 42.5 Å². The molecule has 0 fully saturated rings.